The minimum absolute atomic E-state index is 0.0558. The summed E-state index contributed by atoms with van der Waals surface area (Å²) in [6.07, 6.45) is 3.87. The van der Waals surface area contributed by atoms with Gasteiger partial charge >= 0.3 is 6.03 Å². The number of benzene rings is 1. The molecule has 1 aromatic heterocycles. The van der Waals surface area contributed by atoms with Crippen LogP contribution in [0.4, 0.5) is 4.79 Å². The summed E-state index contributed by atoms with van der Waals surface area (Å²) in [5.74, 6) is 0.786. The van der Waals surface area contributed by atoms with E-state index < -0.39 is 0 Å². The number of pyridine rings is 1. The zero-order chi connectivity index (χ0) is 15.8. The molecule has 0 unspecified atom stereocenters. The zero-order valence-corrected chi connectivity index (χ0v) is 13.2. The monoisotopic (exact) mass is 301 g/mol. The number of unbranched alkanes of at least 4 members (excludes halogenated alkanes) is 1. The Morgan fingerprint density at radius 3 is 3.05 bits per heavy atom. The van der Waals surface area contributed by atoms with Gasteiger partial charge < -0.3 is 15.0 Å². The van der Waals surface area contributed by atoms with Crippen molar-refractivity contribution in [1.82, 2.24) is 15.2 Å². The van der Waals surface area contributed by atoms with Crippen LogP contribution < -0.4 is 10.1 Å². The summed E-state index contributed by atoms with van der Waals surface area (Å²) in [7, 11) is 1.81. The van der Waals surface area contributed by atoms with Crippen LogP contribution in [0.3, 0.4) is 0 Å². The number of fused-ring (bicyclic) bond motifs is 1. The zero-order valence-electron chi connectivity index (χ0n) is 13.2. The van der Waals surface area contributed by atoms with E-state index in [0.29, 0.717) is 13.2 Å². The minimum Gasteiger partial charge on any atom is -0.492 e. The number of hydrogen-bond acceptors (Lipinski definition) is 3. The van der Waals surface area contributed by atoms with Gasteiger partial charge in [0.25, 0.3) is 0 Å². The number of rotatable bonds is 7. The predicted octanol–water partition coefficient (Wildman–Crippen LogP) is 3.06. The summed E-state index contributed by atoms with van der Waals surface area (Å²) >= 11 is 0. The van der Waals surface area contributed by atoms with Crippen LogP contribution in [0.1, 0.15) is 19.8 Å². The molecule has 1 heterocycles. The maximum atomic E-state index is 11.8. The van der Waals surface area contributed by atoms with Crippen molar-refractivity contribution in [2.75, 3.05) is 26.7 Å². The van der Waals surface area contributed by atoms with E-state index in [0.717, 1.165) is 36.0 Å². The first-order valence-electron chi connectivity index (χ1n) is 7.67. The molecule has 0 aliphatic rings. The van der Waals surface area contributed by atoms with Gasteiger partial charge in [0.15, 0.2) is 0 Å². The van der Waals surface area contributed by atoms with Crippen LogP contribution in [0.15, 0.2) is 36.5 Å². The smallest absolute Gasteiger partial charge is 0.317 e. The molecule has 2 amide bonds. The van der Waals surface area contributed by atoms with Crippen LogP contribution in [-0.4, -0.2) is 42.7 Å². The first-order chi connectivity index (χ1) is 10.7. The third-order valence-corrected chi connectivity index (χ3v) is 3.42. The quantitative estimate of drug-likeness (QED) is 0.800. The van der Waals surface area contributed by atoms with Gasteiger partial charge in [0.1, 0.15) is 12.4 Å². The van der Waals surface area contributed by atoms with Crippen LogP contribution in [-0.2, 0) is 0 Å². The maximum Gasteiger partial charge on any atom is 0.317 e. The van der Waals surface area contributed by atoms with Crippen molar-refractivity contribution in [2.24, 2.45) is 0 Å². The number of nitrogens with one attached hydrogen (secondary N) is 1. The number of carbonyl (C=O) groups is 1. The molecule has 0 bridgehead atoms. The molecule has 1 aromatic carbocycles. The van der Waals surface area contributed by atoms with Crippen molar-refractivity contribution in [3.05, 3.63) is 36.5 Å². The van der Waals surface area contributed by atoms with E-state index >= 15 is 0 Å². The van der Waals surface area contributed by atoms with Crippen molar-refractivity contribution in [2.45, 2.75) is 19.8 Å². The van der Waals surface area contributed by atoms with Crippen LogP contribution in [0.5, 0.6) is 5.75 Å². The van der Waals surface area contributed by atoms with Gasteiger partial charge in [0, 0.05) is 25.2 Å². The van der Waals surface area contributed by atoms with Gasteiger partial charge in [-0.1, -0.05) is 19.4 Å². The van der Waals surface area contributed by atoms with Gasteiger partial charge in [0.2, 0.25) is 0 Å². The molecule has 0 aliphatic carbocycles. The highest BCUT2D eigenvalue weighted by Crippen LogP contribution is 2.18. The molecule has 2 rings (SSSR count). The van der Waals surface area contributed by atoms with Gasteiger partial charge in [-0.05, 0) is 30.7 Å². The maximum absolute atomic E-state index is 11.8. The molecular formula is C17H23N3O2. The first-order valence-corrected chi connectivity index (χ1v) is 7.67. The number of urea groups is 1. The Hall–Kier alpha value is -2.30. The molecule has 0 saturated carbocycles. The van der Waals surface area contributed by atoms with E-state index in [2.05, 4.69) is 17.2 Å². The second-order valence-corrected chi connectivity index (χ2v) is 5.21. The average molecular weight is 301 g/mol. The van der Waals surface area contributed by atoms with E-state index in [1.54, 1.807) is 11.1 Å². The van der Waals surface area contributed by atoms with Gasteiger partial charge in [0.05, 0.1) is 12.1 Å². The van der Waals surface area contributed by atoms with Crippen LogP contribution in [0, 0.1) is 0 Å². The SMILES string of the molecule is CCCCN(C)C(=O)NCCOc1ccc2ncccc2c1. The second kappa shape index (κ2) is 8.22. The fraction of sp³-hybridized carbons (Fsp3) is 0.412. The van der Waals surface area contributed by atoms with E-state index in [9.17, 15) is 4.79 Å². The Morgan fingerprint density at radius 1 is 1.36 bits per heavy atom. The fourth-order valence-electron chi connectivity index (χ4n) is 2.10. The lowest BCUT2D eigenvalue weighted by Gasteiger charge is -2.17. The molecule has 5 heteroatoms. The summed E-state index contributed by atoms with van der Waals surface area (Å²) in [4.78, 5) is 17.8. The van der Waals surface area contributed by atoms with E-state index in [-0.39, 0.29) is 6.03 Å². The van der Waals surface area contributed by atoms with Gasteiger partial charge in [-0.25, -0.2) is 4.79 Å². The molecule has 2 aromatic rings. The summed E-state index contributed by atoms with van der Waals surface area (Å²) in [5, 5.41) is 3.89. The molecule has 22 heavy (non-hydrogen) atoms. The Balaban J connectivity index is 1.74. The number of aromatic nitrogens is 1. The molecule has 0 saturated heterocycles. The topological polar surface area (TPSA) is 54.5 Å². The highest BCUT2D eigenvalue weighted by Gasteiger charge is 2.06. The molecular weight excluding hydrogens is 278 g/mol. The summed E-state index contributed by atoms with van der Waals surface area (Å²) < 4.78 is 5.66. The molecule has 118 valence electrons. The van der Waals surface area contributed by atoms with Gasteiger partial charge in [-0.15, -0.1) is 0 Å². The van der Waals surface area contributed by atoms with Crippen molar-refractivity contribution >= 4 is 16.9 Å². The Labute approximate surface area is 131 Å². The summed E-state index contributed by atoms with van der Waals surface area (Å²) in [6, 6.07) is 9.63. The van der Waals surface area contributed by atoms with Crippen molar-refractivity contribution in [3.63, 3.8) is 0 Å². The molecule has 1 N–H and O–H groups in total. The summed E-state index contributed by atoms with van der Waals surface area (Å²) in [5.41, 5.74) is 0.945. The first kappa shape index (κ1) is 16.1. The van der Waals surface area contributed by atoms with Crippen molar-refractivity contribution < 1.29 is 9.53 Å². The van der Waals surface area contributed by atoms with Crippen LogP contribution in [0.25, 0.3) is 10.9 Å². The number of nitrogens with zero attached hydrogens (tertiary/aromatic N) is 2. The molecule has 0 fully saturated rings. The standard InChI is InChI=1S/C17H23N3O2/c1-3-4-11-20(2)17(21)19-10-12-22-15-7-8-16-14(13-15)6-5-9-18-16/h5-9,13H,3-4,10-12H2,1-2H3,(H,19,21). The number of amides is 2. The summed E-state index contributed by atoms with van der Waals surface area (Å²) in [6.45, 7) is 3.82. The Kier molecular flexibility index (Phi) is 6.01. The lowest BCUT2D eigenvalue weighted by atomic mass is 10.2. The molecule has 0 radical (unpaired) electrons. The lowest BCUT2D eigenvalue weighted by molar-refractivity contribution is 0.204. The highest BCUT2D eigenvalue weighted by molar-refractivity contribution is 5.79. The van der Waals surface area contributed by atoms with Crippen molar-refractivity contribution in [3.8, 4) is 5.75 Å². The Bertz CT molecular complexity index is 616. The largest absolute Gasteiger partial charge is 0.492 e. The Morgan fingerprint density at radius 2 is 2.23 bits per heavy atom. The molecule has 0 spiro atoms. The minimum atomic E-state index is -0.0558. The van der Waals surface area contributed by atoms with Gasteiger partial charge in [-0.2, -0.15) is 0 Å². The molecule has 5 nitrogen and oxygen atoms in total. The lowest BCUT2D eigenvalue weighted by Crippen LogP contribution is -2.39. The van der Waals surface area contributed by atoms with E-state index in [1.807, 2.05) is 37.4 Å². The van der Waals surface area contributed by atoms with Gasteiger partial charge in [-0.3, -0.25) is 4.98 Å². The molecule has 0 aliphatic heterocycles. The van der Waals surface area contributed by atoms with E-state index in [4.69, 9.17) is 4.74 Å². The normalized spacial score (nSPS) is 10.5. The number of carbonyl (C=O) groups excluding carboxylic acids is 1. The number of hydrogen-bond donors (Lipinski definition) is 1. The highest BCUT2D eigenvalue weighted by atomic mass is 16.5. The fourth-order valence-corrected chi connectivity index (χ4v) is 2.10. The third kappa shape index (κ3) is 4.62. The van der Waals surface area contributed by atoms with Crippen LogP contribution in [0.2, 0.25) is 0 Å². The molecule has 0 atom stereocenters. The van der Waals surface area contributed by atoms with Crippen molar-refractivity contribution in [1.29, 1.82) is 0 Å². The second-order valence-electron chi connectivity index (χ2n) is 5.21. The number of ether oxygens (including phenoxy) is 1. The average Bonchev–Trinajstić information content (AvgIpc) is 2.56. The predicted molar refractivity (Wildman–Crippen MR) is 88.2 cm³/mol. The van der Waals surface area contributed by atoms with E-state index in [1.165, 1.54) is 0 Å². The van der Waals surface area contributed by atoms with Crippen LogP contribution >= 0.6 is 0 Å². The third-order valence-electron chi connectivity index (χ3n) is 3.42.